The highest BCUT2D eigenvalue weighted by molar-refractivity contribution is 5.98. The average molecular weight is 284 g/mol. The van der Waals surface area contributed by atoms with Crippen molar-refractivity contribution in [2.75, 3.05) is 5.32 Å². The lowest BCUT2D eigenvalue weighted by atomic mass is 9.92. The summed E-state index contributed by atoms with van der Waals surface area (Å²) in [5.74, 6) is -0.318. The van der Waals surface area contributed by atoms with E-state index < -0.39 is 11.6 Å². The van der Waals surface area contributed by atoms with Gasteiger partial charge < -0.3 is 16.2 Å². The van der Waals surface area contributed by atoms with E-state index in [2.05, 4.69) is 5.32 Å². The van der Waals surface area contributed by atoms with Crippen LogP contribution >= 0.6 is 0 Å². The van der Waals surface area contributed by atoms with Crippen LogP contribution in [0.15, 0.2) is 54.6 Å². The van der Waals surface area contributed by atoms with Gasteiger partial charge in [-0.15, -0.1) is 0 Å². The number of para-hydroxylation sites is 1. The van der Waals surface area contributed by atoms with Crippen LogP contribution in [0.1, 0.15) is 31.1 Å². The predicted molar refractivity (Wildman–Crippen MR) is 83.7 cm³/mol. The van der Waals surface area contributed by atoms with Crippen LogP contribution in [0.2, 0.25) is 0 Å². The van der Waals surface area contributed by atoms with Crippen LogP contribution in [-0.4, -0.2) is 11.0 Å². The number of hydrogen-bond donors (Lipinski definition) is 3. The number of aliphatic hydroxyl groups is 1. The number of carbonyl (C=O) groups is 1. The van der Waals surface area contributed by atoms with Gasteiger partial charge in [-0.3, -0.25) is 4.79 Å². The minimum atomic E-state index is -1.15. The molecule has 0 bridgehead atoms. The summed E-state index contributed by atoms with van der Waals surface area (Å²) in [4.78, 5) is 12.5. The Kier molecular flexibility index (Phi) is 4.40. The Labute approximate surface area is 124 Å². The number of rotatable bonds is 4. The Morgan fingerprint density at radius 1 is 1.14 bits per heavy atom. The summed E-state index contributed by atoms with van der Waals surface area (Å²) < 4.78 is 0. The van der Waals surface area contributed by atoms with E-state index in [1.165, 1.54) is 0 Å². The van der Waals surface area contributed by atoms with Gasteiger partial charge in [0.2, 0.25) is 5.91 Å². The summed E-state index contributed by atoms with van der Waals surface area (Å²) in [5.41, 5.74) is 7.00. The van der Waals surface area contributed by atoms with E-state index in [9.17, 15) is 9.90 Å². The number of aliphatic hydroxyl groups excluding tert-OH is 1. The largest absolute Gasteiger partial charge is 0.389 e. The summed E-state index contributed by atoms with van der Waals surface area (Å²) in [6.07, 6.45) is -0.665. The Hall–Kier alpha value is -2.17. The lowest BCUT2D eigenvalue weighted by Crippen LogP contribution is -2.45. The van der Waals surface area contributed by atoms with Crippen molar-refractivity contribution in [2.24, 2.45) is 5.73 Å². The maximum atomic E-state index is 12.5. The number of nitrogens with one attached hydrogen (secondary N) is 1. The van der Waals surface area contributed by atoms with Gasteiger partial charge in [0.25, 0.3) is 0 Å². The highest BCUT2D eigenvalue weighted by Crippen LogP contribution is 2.25. The quantitative estimate of drug-likeness (QED) is 0.807. The van der Waals surface area contributed by atoms with Gasteiger partial charge in [-0.05, 0) is 25.5 Å². The van der Waals surface area contributed by atoms with Crippen LogP contribution in [0.4, 0.5) is 5.69 Å². The summed E-state index contributed by atoms with van der Waals surface area (Å²) in [5, 5.41) is 12.6. The molecule has 0 radical (unpaired) electrons. The van der Waals surface area contributed by atoms with E-state index in [1.54, 1.807) is 32.0 Å². The molecule has 0 saturated carbocycles. The van der Waals surface area contributed by atoms with Crippen molar-refractivity contribution in [3.8, 4) is 0 Å². The molecule has 0 aromatic heterocycles. The summed E-state index contributed by atoms with van der Waals surface area (Å²) in [6.45, 7) is 3.33. The van der Waals surface area contributed by atoms with E-state index in [4.69, 9.17) is 5.73 Å². The number of amides is 1. The molecule has 0 fully saturated rings. The van der Waals surface area contributed by atoms with Gasteiger partial charge in [-0.25, -0.2) is 0 Å². The second-order valence-electron chi connectivity index (χ2n) is 5.29. The lowest BCUT2D eigenvalue weighted by molar-refractivity contribution is -0.120. The molecule has 2 rings (SSSR count). The fraction of sp³-hybridized carbons (Fsp3) is 0.235. The van der Waals surface area contributed by atoms with Crippen molar-refractivity contribution in [3.63, 3.8) is 0 Å². The molecule has 0 spiro atoms. The number of nitrogens with two attached hydrogens (primary N) is 1. The third-order valence-corrected chi connectivity index (χ3v) is 3.50. The molecule has 0 heterocycles. The highest BCUT2D eigenvalue weighted by atomic mass is 16.3. The van der Waals surface area contributed by atoms with Crippen LogP contribution < -0.4 is 11.1 Å². The zero-order chi connectivity index (χ0) is 15.5. The number of carbonyl (C=O) groups excluding carboxylic acids is 1. The molecule has 4 N–H and O–H groups in total. The van der Waals surface area contributed by atoms with Crippen molar-refractivity contribution >= 4 is 11.6 Å². The van der Waals surface area contributed by atoms with Gasteiger partial charge in [-0.2, -0.15) is 0 Å². The smallest absolute Gasteiger partial charge is 0.248 e. The van der Waals surface area contributed by atoms with Crippen LogP contribution in [0, 0.1) is 0 Å². The predicted octanol–water partition coefficient (Wildman–Crippen LogP) is 2.55. The molecule has 1 amide bonds. The Morgan fingerprint density at radius 3 is 2.33 bits per heavy atom. The summed E-state index contributed by atoms with van der Waals surface area (Å²) >= 11 is 0. The van der Waals surface area contributed by atoms with Crippen molar-refractivity contribution < 1.29 is 9.90 Å². The SMILES string of the molecule is CC(O)c1ccccc1NC(=O)C(C)(N)c1ccccc1. The molecule has 0 aliphatic heterocycles. The van der Waals surface area contributed by atoms with Gasteiger partial charge >= 0.3 is 0 Å². The molecule has 2 aromatic rings. The van der Waals surface area contributed by atoms with Gasteiger partial charge in [0, 0.05) is 11.3 Å². The Bertz CT molecular complexity index is 622. The summed E-state index contributed by atoms with van der Waals surface area (Å²) in [6, 6.07) is 16.3. The maximum absolute atomic E-state index is 12.5. The molecule has 2 atom stereocenters. The van der Waals surface area contributed by atoms with Gasteiger partial charge in [0.1, 0.15) is 5.54 Å². The van der Waals surface area contributed by atoms with Crippen molar-refractivity contribution in [1.29, 1.82) is 0 Å². The first kappa shape index (κ1) is 15.2. The van der Waals surface area contributed by atoms with Crippen LogP contribution in [0.25, 0.3) is 0 Å². The van der Waals surface area contributed by atoms with Gasteiger partial charge in [0.15, 0.2) is 0 Å². The zero-order valence-corrected chi connectivity index (χ0v) is 12.2. The topological polar surface area (TPSA) is 75.3 Å². The number of anilines is 1. The van der Waals surface area contributed by atoms with Crippen molar-refractivity contribution in [2.45, 2.75) is 25.5 Å². The van der Waals surface area contributed by atoms with E-state index >= 15 is 0 Å². The van der Waals surface area contributed by atoms with E-state index in [-0.39, 0.29) is 5.91 Å². The van der Waals surface area contributed by atoms with Crippen LogP contribution in [0.5, 0.6) is 0 Å². The van der Waals surface area contributed by atoms with Crippen molar-refractivity contribution in [1.82, 2.24) is 0 Å². The third kappa shape index (κ3) is 3.29. The molecule has 2 unspecified atom stereocenters. The fourth-order valence-corrected chi connectivity index (χ4v) is 2.14. The molecule has 0 aliphatic rings. The van der Waals surface area contributed by atoms with Crippen molar-refractivity contribution in [3.05, 3.63) is 65.7 Å². The second-order valence-corrected chi connectivity index (χ2v) is 5.29. The standard InChI is InChI=1S/C17H20N2O2/c1-12(20)14-10-6-7-11-15(14)19-16(21)17(2,18)13-8-4-3-5-9-13/h3-12,20H,18H2,1-2H3,(H,19,21). The minimum Gasteiger partial charge on any atom is -0.389 e. The first-order valence-electron chi connectivity index (χ1n) is 6.86. The molecule has 2 aromatic carbocycles. The van der Waals surface area contributed by atoms with Crippen LogP contribution in [-0.2, 0) is 10.3 Å². The normalized spacial score (nSPS) is 15.0. The van der Waals surface area contributed by atoms with E-state index in [1.807, 2.05) is 36.4 Å². The monoisotopic (exact) mass is 284 g/mol. The first-order chi connectivity index (χ1) is 9.93. The first-order valence-corrected chi connectivity index (χ1v) is 6.86. The highest BCUT2D eigenvalue weighted by Gasteiger charge is 2.30. The molecule has 4 heteroatoms. The molecule has 110 valence electrons. The van der Waals surface area contributed by atoms with E-state index in [0.717, 1.165) is 5.56 Å². The number of benzene rings is 2. The Balaban J connectivity index is 2.26. The molecular formula is C17H20N2O2. The average Bonchev–Trinajstić information content (AvgIpc) is 2.48. The molecule has 21 heavy (non-hydrogen) atoms. The molecular weight excluding hydrogens is 264 g/mol. The molecule has 4 nitrogen and oxygen atoms in total. The van der Waals surface area contributed by atoms with Gasteiger partial charge in [0.05, 0.1) is 6.10 Å². The third-order valence-electron chi connectivity index (χ3n) is 3.50. The maximum Gasteiger partial charge on any atom is 0.248 e. The lowest BCUT2D eigenvalue weighted by Gasteiger charge is -2.25. The fourth-order valence-electron chi connectivity index (χ4n) is 2.14. The molecule has 0 saturated heterocycles. The number of hydrogen-bond acceptors (Lipinski definition) is 3. The zero-order valence-electron chi connectivity index (χ0n) is 12.2. The Morgan fingerprint density at radius 2 is 1.71 bits per heavy atom. The summed E-state index contributed by atoms with van der Waals surface area (Å²) in [7, 11) is 0. The van der Waals surface area contributed by atoms with Crippen LogP contribution in [0.3, 0.4) is 0 Å². The van der Waals surface area contributed by atoms with E-state index in [0.29, 0.717) is 11.3 Å². The van der Waals surface area contributed by atoms with Gasteiger partial charge in [-0.1, -0.05) is 48.5 Å². The second kappa shape index (κ2) is 6.08. The molecule has 0 aliphatic carbocycles. The minimum absolute atomic E-state index is 0.318.